The topological polar surface area (TPSA) is 46.3 Å². The number of nitrogens with zero attached hydrogens (tertiary/aromatic N) is 1. The zero-order valence-electron chi connectivity index (χ0n) is 10.6. The van der Waals surface area contributed by atoms with Gasteiger partial charge < -0.3 is 10.6 Å². The van der Waals surface area contributed by atoms with Gasteiger partial charge in [-0.2, -0.15) is 0 Å². The van der Waals surface area contributed by atoms with E-state index in [0.29, 0.717) is 6.42 Å². The Morgan fingerprint density at radius 1 is 1.50 bits per heavy atom. The van der Waals surface area contributed by atoms with Crippen LogP contribution in [0.1, 0.15) is 30.9 Å². The van der Waals surface area contributed by atoms with E-state index in [-0.39, 0.29) is 11.9 Å². The Morgan fingerprint density at radius 2 is 2.22 bits per heavy atom. The second kappa shape index (κ2) is 5.83. The van der Waals surface area contributed by atoms with Gasteiger partial charge in [-0.1, -0.05) is 36.4 Å². The van der Waals surface area contributed by atoms with Crippen LogP contribution in [0, 0.1) is 0 Å². The molecule has 0 aromatic heterocycles. The average Bonchev–Trinajstić information content (AvgIpc) is 2.88. The molecular formula is C15H20N2O. The molecule has 1 aromatic rings. The number of carbonyl (C=O) groups is 1. The van der Waals surface area contributed by atoms with Gasteiger partial charge in [0.05, 0.1) is 12.1 Å². The minimum absolute atomic E-state index is 0.0428. The molecule has 1 fully saturated rings. The number of amides is 1. The van der Waals surface area contributed by atoms with Gasteiger partial charge in [0.1, 0.15) is 0 Å². The van der Waals surface area contributed by atoms with Crippen molar-refractivity contribution >= 4 is 5.91 Å². The highest BCUT2D eigenvalue weighted by Gasteiger charge is 2.31. The van der Waals surface area contributed by atoms with E-state index in [9.17, 15) is 4.79 Å². The highest BCUT2D eigenvalue weighted by molar-refractivity contribution is 5.82. The maximum absolute atomic E-state index is 12.3. The first-order valence-corrected chi connectivity index (χ1v) is 6.46. The molecule has 0 radical (unpaired) electrons. The summed E-state index contributed by atoms with van der Waals surface area (Å²) in [5, 5.41) is 0. The Bertz CT molecular complexity index is 416. The molecule has 0 spiro atoms. The lowest BCUT2D eigenvalue weighted by Crippen LogP contribution is -2.43. The summed E-state index contributed by atoms with van der Waals surface area (Å²) in [5.41, 5.74) is 7.09. The number of rotatable bonds is 4. The lowest BCUT2D eigenvalue weighted by atomic mass is 10.0. The minimum atomic E-state index is -0.452. The maximum Gasteiger partial charge on any atom is 0.240 e. The minimum Gasteiger partial charge on any atom is -0.334 e. The predicted molar refractivity (Wildman–Crippen MR) is 72.9 cm³/mol. The third kappa shape index (κ3) is 2.62. The van der Waals surface area contributed by atoms with E-state index in [1.165, 1.54) is 5.56 Å². The first kappa shape index (κ1) is 12.8. The van der Waals surface area contributed by atoms with Crippen molar-refractivity contribution < 1.29 is 4.79 Å². The number of likely N-dealkylation sites (tertiary alicyclic amines) is 1. The van der Waals surface area contributed by atoms with E-state index in [1.54, 1.807) is 6.08 Å². The molecule has 1 aromatic carbocycles. The molecule has 2 rings (SSSR count). The first-order chi connectivity index (χ1) is 8.74. The van der Waals surface area contributed by atoms with Gasteiger partial charge in [-0.25, -0.2) is 0 Å². The average molecular weight is 244 g/mol. The molecule has 1 amide bonds. The molecule has 1 heterocycles. The van der Waals surface area contributed by atoms with Gasteiger partial charge >= 0.3 is 0 Å². The highest BCUT2D eigenvalue weighted by Crippen LogP contribution is 2.32. The molecule has 0 bridgehead atoms. The Kier molecular flexibility index (Phi) is 4.15. The number of nitrogens with two attached hydrogens (primary N) is 1. The Labute approximate surface area is 108 Å². The van der Waals surface area contributed by atoms with E-state index >= 15 is 0 Å². The summed E-state index contributed by atoms with van der Waals surface area (Å²) in [5.74, 6) is 0.0428. The van der Waals surface area contributed by atoms with Crippen molar-refractivity contribution in [3.05, 3.63) is 48.6 Å². The van der Waals surface area contributed by atoms with Crippen molar-refractivity contribution in [3.63, 3.8) is 0 Å². The Balaban J connectivity index is 2.13. The normalized spacial score (nSPS) is 20.7. The van der Waals surface area contributed by atoms with Crippen LogP contribution < -0.4 is 5.73 Å². The van der Waals surface area contributed by atoms with Crippen LogP contribution in [0.25, 0.3) is 0 Å². The lowest BCUT2D eigenvalue weighted by Gasteiger charge is -2.27. The zero-order chi connectivity index (χ0) is 13.0. The molecule has 2 N–H and O–H groups in total. The second-order valence-corrected chi connectivity index (χ2v) is 4.73. The van der Waals surface area contributed by atoms with E-state index < -0.39 is 6.04 Å². The van der Waals surface area contributed by atoms with Crippen molar-refractivity contribution in [2.45, 2.75) is 31.3 Å². The van der Waals surface area contributed by atoms with E-state index in [2.05, 4.69) is 18.7 Å². The maximum atomic E-state index is 12.3. The van der Waals surface area contributed by atoms with Gasteiger partial charge in [0.25, 0.3) is 0 Å². The van der Waals surface area contributed by atoms with Crippen molar-refractivity contribution in [1.82, 2.24) is 4.90 Å². The molecule has 1 aliphatic rings. The van der Waals surface area contributed by atoms with Crippen LogP contribution in [-0.2, 0) is 4.79 Å². The van der Waals surface area contributed by atoms with Gasteiger partial charge in [-0.05, 0) is 24.8 Å². The molecule has 2 atom stereocenters. The monoisotopic (exact) mass is 244 g/mol. The summed E-state index contributed by atoms with van der Waals surface area (Å²) in [6.45, 7) is 4.44. The largest absolute Gasteiger partial charge is 0.334 e. The molecule has 0 saturated carbocycles. The molecule has 96 valence electrons. The third-order valence-electron chi connectivity index (χ3n) is 3.46. The summed E-state index contributed by atoms with van der Waals surface area (Å²) in [6.07, 6.45) is 4.32. The zero-order valence-corrected chi connectivity index (χ0v) is 10.6. The van der Waals surface area contributed by atoms with Crippen LogP contribution in [0.4, 0.5) is 0 Å². The summed E-state index contributed by atoms with van der Waals surface area (Å²) in [4.78, 5) is 14.2. The van der Waals surface area contributed by atoms with Crippen LogP contribution in [0.3, 0.4) is 0 Å². The standard InChI is InChI=1S/C15H20N2O/c1-2-7-13(16)15(18)17-11-6-10-14(17)12-8-4-3-5-9-12/h2-5,8-9,13-14H,1,6-7,10-11,16H2. The number of hydrogen-bond acceptors (Lipinski definition) is 2. The Morgan fingerprint density at radius 3 is 2.89 bits per heavy atom. The molecule has 2 unspecified atom stereocenters. The van der Waals surface area contributed by atoms with Gasteiger partial charge in [0.15, 0.2) is 0 Å². The fraction of sp³-hybridized carbons (Fsp3) is 0.400. The van der Waals surface area contributed by atoms with Gasteiger partial charge in [-0.15, -0.1) is 6.58 Å². The molecule has 3 nitrogen and oxygen atoms in total. The molecule has 3 heteroatoms. The first-order valence-electron chi connectivity index (χ1n) is 6.46. The predicted octanol–water partition coefficient (Wildman–Crippen LogP) is 2.25. The van der Waals surface area contributed by atoms with Crippen LogP contribution in [0.2, 0.25) is 0 Å². The molecule has 0 aliphatic carbocycles. The van der Waals surface area contributed by atoms with E-state index in [0.717, 1.165) is 19.4 Å². The number of benzene rings is 1. The van der Waals surface area contributed by atoms with Crippen LogP contribution in [0.5, 0.6) is 0 Å². The third-order valence-corrected chi connectivity index (χ3v) is 3.46. The SMILES string of the molecule is C=CCC(N)C(=O)N1CCCC1c1ccccc1. The number of hydrogen-bond donors (Lipinski definition) is 1. The Hall–Kier alpha value is -1.61. The summed E-state index contributed by atoms with van der Waals surface area (Å²) in [7, 11) is 0. The molecule has 1 saturated heterocycles. The smallest absolute Gasteiger partial charge is 0.240 e. The van der Waals surface area contributed by atoms with Crippen LogP contribution in [-0.4, -0.2) is 23.4 Å². The van der Waals surface area contributed by atoms with Gasteiger partial charge in [0, 0.05) is 6.54 Å². The number of carbonyl (C=O) groups excluding carboxylic acids is 1. The highest BCUT2D eigenvalue weighted by atomic mass is 16.2. The second-order valence-electron chi connectivity index (χ2n) is 4.73. The molecular weight excluding hydrogens is 224 g/mol. The van der Waals surface area contributed by atoms with Gasteiger partial charge in [0.2, 0.25) is 5.91 Å². The van der Waals surface area contributed by atoms with Crippen molar-refractivity contribution in [3.8, 4) is 0 Å². The van der Waals surface area contributed by atoms with Crippen molar-refractivity contribution in [2.24, 2.45) is 5.73 Å². The molecule has 1 aliphatic heterocycles. The summed E-state index contributed by atoms with van der Waals surface area (Å²) >= 11 is 0. The summed E-state index contributed by atoms with van der Waals surface area (Å²) in [6, 6.07) is 9.92. The fourth-order valence-electron chi connectivity index (χ4n) is 2.55. The van der Waals surface area contributed by atoms with E-state index in [4.69, 9.17) is 5.73 Å². The van der Waals surface area contributed by atoms with Crippen LogP contribution >= 0.6 is 0 Å². The van der Waals surface area contributed by atoms with Crippen molar-refractivity contribution in [1.29, 1.82) is 0 Å². The van der Waals surface area contributed by atoms with E-state index in [1.807, 2.05) is 23.1 Å². The lowest BCUT2D eigenvalue weighted by molar-refractivity contribution is -0.133. The van der Waals surface area contributed by atoms with Crippen molar-refractivity contribution in [2.75, 3.05) is 6.54 Å². The fourth-order valence-corrected chi connectivity index (χ4v) is 2.55. The van der Waals surface area contributed by atoms with Gasteiger partial charge in [-0.3, -0.25) is 4.79 Å². The quantitative estimate of drug-likeness (QED) is 0.826. The molecule has 18 heavy (non-hydrogen) atoms. The summed E-state index contributed by atoms with van der Waals surface area (Å²) < 4.78 is 0. The van der Waals surface area contributed by atoms with Crippen LogP contribution in [0.15, 0.2) is 43.0 Å².